The van der Waals surface area contributed by atoms with Crippen molar-refractivity contribution in [2.45, 2.75) is 20.3 Å². The maximum absolute atomic E-state index is 11.9. The molecule has 0 fully saturated rings. The summed E-state index contributed by atoms with van der Waals surface area (Å²) >= 11 is 0. The van der Waals surface area contributed by atoms with E-state index in [0.717, 1.165) is 0 Å². The molecule has 0 aromatic carbocycles. The van der Waals surface area contributed by atoms with Crippen molar-refractivity contribution in [3.05, 3.63) is 0 Å². The monoisotopic (exact) mass is 139 g/mol. The first kappa shape index (κ1) is 8.78. The van der Waals surface area contributed by atoms with Crippen LogP contribution in [0.5, 0.6) is 0 Å². The summed E-state index contributed by atoms with van der Waals surface area (Å²) in [5.41, 5.74) is -1.13. The Kier molecular flexibility index (Phi) is 3.00. The van der Waals surface area contributed by atoms with Crippen LogP contribution in [-0.2, 0) is 4.84 Å². The van der Waals surface area contributed by atoms with E-state index in [0.29, 0.717) is 0 Å². The normalized spacial score (nSPS) is 12.7. The molecule has 9 heavy (non-hydrogen) atoms. The number of hydrogen-bond donors (Lipinski definition) is 1. The average molecular weight is 139 g/mol. The number of alkyl halides is 2. The van der Waals surface area contributed by atoms with Gasteiger partial charge in [-0.1, -0.05) is 13.8 Å². The highest BCUT2D eigenvalue weighted by atomic mass is 19.3. The molecule has 0 aliphatic heterocycles. The van der Waals surface area contributed by atoms with Crippen LogP contribution in [0.4, 0.5) is 8.78 Å². The summed E-state index contributed by atoms with van der Waals surface area (Å²) < 4.78 is 23.7. The average Bonchev–Trinajstić information content (AvgIpc) is 1.65. The Bertz CT molecular complexity index is 85.0. The molecule has 2 N–H and O–H groups in total. The van der Waals surface area contributed by atoms with Gasteiger partial charge in [-0.3, -0.25) is 0 Å². The predicted octanol–water partition coefficient (Wildman–Crippen LogP) is 1.17. The third kappa shape index (κ3) is 2.72. The first-order valence-electron chi connectivity index (χ1n) is 2.60. The SMILES string of the molecule is CC(C)(CON)C(F)F. The minimum Gasteiger partial charge on any atom is -0.304 e. The molecule has 56 valence electrons. The van der Waals surface area contributed by atoms with Gasteiger partial charge in [-0.05, 0) is 0 Å². The Morgan fingerprint density at radius 2 is 2.00 bits per heavy atom. The van der Waals surface area contributed by atoms with Crippen molar-refractivity contribution in [3.8, 4) is 0 Å². The van der Waals surface area contributed by atoms with Crippen LogP contribution < -0.4 is 5.90 Å². The lowest BCUT2D eigenvalue weighted by Gasteiger charge is -2.20. The van der Waals surface area contributed by atoms with Crippen LogP contribution in [0.3, 0.4) is 0 Å². The van der Waals surface area contributed by atoms with E-state index in [9.17, 15) is 8.78 Å². The van der Waals surface area contributed by atoms with Gasteiger partial charge in [-0.15, -0.1) is 0 Å². The predicted molar refractivity (Wildman–Crippen MR) is 29.9 cm³/mol. The lowest BCUT2D eigenvalue weighted by Crippen LogP contribution is -2.29. The molecule has 0 spiro atoms. The highest BCUT2D eigenvalue weighted by molar-refractivity contribution is 4.69. The van der Waals surface area contributed by atoms with E-state index in [2.05, 4.69) is 10.7 Å². The van der Waals surface area contributed by atoms with E-state index in [1.807, 2.05) is 0 Å². The lowest BCUT2D eigenvalue weighted by molar-refractivity contribution is -0.0442. The zero-order valence-electron chi connectivity index (χ0n) is 5.53. The summed E-state index contributed by atoms with van der Waals surface area (Å²) in [6.07, 6.45) is -2.39. The fourth-order valence-corrected chi connectivity index (χ4v) is 0.278. The van der Waals surface area contributed by atoms with Gasteiger partial charge in [0.25, 0.3) is 0 Å². The summed E-state index contributed by atoms with van der Waals surface area (Å²) in [6.45, 7) is 2.67. The second kappa shape index (κ2) is 3.08. The number of rotatable bonds is 3. The Hall–Kier alpha value is -0.220. The summed E-state index contributed by atoms with van der Waals surface area (Å²) in [5.74, 6) is 4.62. The molecule has 0 aliphatic carbocycles. The van der Waals surface area contributed by atoms with Crippen LogP contribution in [0.2, 0.25) is 0 Å². The molecule has 0 bridgehead atoms. The molecular formula is C5H11F2NO. The van der Waals surface area contributed by atoms with Crippen LogP contribution in [0.25, 0.3) is 0 Å². The first-order valence-corrected chi connectivity index (χ1v) is 2.60. The van der Waals surface area contributed by atoms with E-state index in [1.165, 1.54) is 13.8 Å². The smallest absolute Gasteiger partial charge is 0.245 e. The van der Waals surface area contributed by atoms with Crippen molar-refractivity contribution < 1.29 is 13.6 Å². The lowest BCUT2D eigenvalue weighted by atomic mass is 9.96. The number of halogens is 2. The highest BCUT2D eigenvalue weighted by Crippen LogP contribution is 2.23. The van der Waals surface area contributed by atoms with Crippen LogP contribution >= 0.6 is 0 Å². The van der Waals surface area contributed by atoms with Gasteiger partial charge in [-0.25, -0.2) is 14.7 Å². The first-order chi connectivity index (χ1) is 4.00. The molecular weight excluding hydrogens is 128 g/mol. The molecule has 0 aliphatic rings. The van der Waals surface area contributed by atoms with Crippen molar-refractivity contribution in [1.29, 1.82) is 0 Å². The quantitative estimate of drug-likeness (QED) is 0.595. The molecule has 0 atom stereocenters. The van der Waals surface area contributed by atoms with Gasteiger partial charge in [0, 0.05) is 0 Å². The fourth-order valence-electron chi connectivity index (χ4n) is 0.278. The summed E-state index contributed by atoms with van der Waals surface area (Å²) in [7, 11) is 0. The Morgan fingerprint density at radius 3 is 2.11 bits per heavy atom. The molecule has 0 rings (SSSR count). The molecule has 4 heteroatoms. The molecule has 0 aromatic heterocycles. The highest BCUT2D eigenvalue weighted by Gasteiger charge is 2.29. The van der Waals surface area contributed by atoms with Gasteiger partial charge in [0.2, 0.25) is 6.43 Å². The third-order valence-corrected chi connectivity index (χ3v) is 1.05. The van der Waals surface area contributed by atoms with Crippen LogP contribution in [0, 0.1) is 5.41 Å². The number of hydrogen-bond acceptors (Lipinski definition) is 2. The molecule has 0 unspecified atom stereocenters. The second-order valence-corrected chi connectivity index (χ2v) is 2.60. The van der Waals surface area contributed by atoms with E-state index >= 15 is 0 Å². The fraction of sp³-hybridized carbons (Fsp3) is 1.00. The van der Waals surface area contributed by atoms with Crippen molar-refractivity contribution in [3.63, 3.8) is 0 Å². The summed E-state index contributed by atoms with van der Waals surface area (Å²) in [5, 5.41) is 0. The maximum Gasteiger partial charge on any atom is 0.245 e. The van der Waals surface area contributed by atoms with Gasteiger partial charge in [0.1, 0.15) is 0 Å². The standard InChI is InChI=1S/C5H11F2NO/c1-5(2,3-9-8)4(6)7/h4H,3,8H2,1-2H3. The topological polar surface area (TPSA) is 35.2 Å². The van der Waals surface area contributed by atoms with Gasteiger partial charge in [0.05, 0.1) is 12.0 Å². The molecule has 0 amide bonds. The minimum atomic E-state index is -2.39. The Balaban J connectivity index is 3.70. The van der Waals surface area contributed by atoms with Crippen LogP contribution in [0.1, 0.15) is 13.8 Å². The minimum absolute atomic E-state index is 0.120. The van der Waals surface area contributed by atoms with Crippen molar-refractivity contribution >= 4 is 0 Å². The van der Waals surface area contributed by atoms with Gasteiger partial charge in [0.15, 0.2) is 0 Å². The summed E-state index contributed by atoms with van der Waals surface area (Å²) in [4.78, 5) is 4.09. The van der Waals surface area contributed by atoms with Gasteiger partial charge in [-0.2, -0.15) is 0 Å². The van der Waals surface area contributed by atoms with Gasteiger partial charge >= 0.3 is 0 Å². The van der Waals surface area contributed by atoms with Crippen LogP contribution in [0.15, 0.2) is 0 Å². The third-order valence-electron chi connectivity index (χ3n) is 1.05. The van der Waals surface area contributed by atoms with Crippen molar-refractivity contribution in [2.24, 2.45) is 11.3 Å². The Morgan fingerprint density at radius 1 is 1.56 bits per heavy atom. The Labute approximate surface area is 52.9 Å². The van der Waals surface area contributed by atoms with Crippen molar-refractivity contribution in [2.75, 3.05) is 6.61 Å². The van der Waals surface area contributed by atoms with E-state index in [1.54, 1.807) is 0 Å². The maximum atomic E-state index is 11.9. The zero-order chi connectivity index (χ0) is 7.49. The van der Waals surface area contributed by atoms with E-state index in [-0.39, 0.29) is 6.61 Å². The molecule has 0 saturated heterocycles. The molecule has 0 radical (unpaired) electrons. The van der Waals surface area contributed by atoms with Crippen LogP contribution in [-0.4, -0.2) is 13.0 Å². The van der Waals surface area contributed by atoms with E-state index < -0.39 is 11.8 Å². The molecule has 0 saturated carbocycles. The molecule has 2 nitrogen and oxygen atoms in total. The molecule has 0 aromatic rings. The summed E-state index contributed by atoms with van der Waals surface area (Å²) in [6, 6.07) is 0. The van der Waals surface area contributed by atoms with E-state index in [4.69, 9.17) is 0 Å². The van der Waals surface area contributed by atoms with Gasteiger partial charge < -0.3 is 4.84 Å². The van der Waals surface area contributed by atoms with Crippen molar-refractivity contribution in [1.82, 2.24) is 0 Å². The number of nitrogens with two attached hydrogens (primary N) is 1. The second-order valence-electron chi connectivity index (χ2n) is 2.60. The zero-order valence-corrected chi connectivity index (χ0v) is 5.53. The molecule has 0 heterocycles. The largest absolute Gasteiger partial charge is 0.304 e.